The number of nitrogens with one attached hydrogen (secondary N) is 1. The standard InChI is InChI=1S/C60H105N2O7P/c1-7-10-13-16-19-22-25-27-29-31-33-35-38-41-44-47-50-53-60(64)69-58(51-48-45-42-39-36-24-21-18-15-12-9-3)57(56-68-70(65,66)67-55-54-62(4,5)6)61-59(63)52-49-46-43-40-37-34-32-30-28-26-23-20-17-14-11-8-2/h11,14,19-20,22-23,27-30,33,35,41,44,48,51,57-58H,7-10,12-13,15-18,21,24-26,31-32,34,36-40,42-43,45-47,49-50,52-56H2,1-6H3,(H-,61,63,65,66)/b14-11+,22-19-,23-20+,29-27-,30-28+,35-33-,44-41-,51-48+. The van der Waals surface area contributed by atoms with Gasteiger partial charge in [0, 0.05) is 12.8 Å². The lowest BCUT2D eigenvalue weighted by molar-refractivity contribution is -0.870. The molecule has 0 spiro atoms. The third kappa shape index (κ3) is 49.9. The van der Waals surface area contributed by atoms with Gasteiger partial charge in [-0.2, -0.15) is 0 Å². The molecule has 0 radical (unpaired) electrons. The zero-order chi connectivity index (χ0) is 51.5. The molecular weight excluding hydrogens is 892 g/mol. The zero-order valence-corrected chi connectivity index (χ0v) is 46.6. The predicted molar refractivity (Wildman–Crippen MR) is 297 cm³/mol. The molecule has 1 amide bonds. The zero-order valence-electron chi connectivity index (χ0n) is 45.7. The minimum atomic E-state index is -4.71. The van der Waals surface area contributed by atoms with Crippen LogP contribution >= 0.6 is 7.82 Å². The van der Waals surface area contributed by atoms with Gasteiger partial charge in [-0.25, -0.2) is 0 Å². The van der Waals surface area contributed by atoms with Crippen molar-refractivity contribution in [3.63, 3.8) is 0 Å². The summed E-state index contributed by atoms with van der Waals surface area (Å²) in [7, 11) is 1.13. The van der Waals surface area contributed by atoms with Gasteiger partial charge in [-0.1, -0.05) is 202 Å². The summed E-state index contributed by atoms with van der Waals surface area (Å²) in [4.78, 5) is 39.8. The molecule has 9 nitrogen and oxygen atoms in total. The lowest BCUT2D eigenvalue weighted by atomic mass is 10.1. The van der Waals surface area contributed by atoms with Gasteiger partial charge in [-0.15, -0.1) is 0 Å². The Morgan fingerprint density at radius 3 is 1.43 bits per heavy atom. The third-order valence-electron chi connectivity index (χ3n) is 11.7. The Hall–Kier alpha value is -3.07. The van der Waals surface area contributed by atoms with E-state index in [9.17, 15) is 19.0 Å². The van der Waals surface area contributed by atoms with E-state index in [2.05, 4.69) is 111 Å². The van der Waals surface area contributed by atoms with Gasteiger partial charge in [0.1, 0.15) is 19.3 Å². The van der Waals surface area contributed by atoms with E-state index in [-0.39, 0.29) is 25.4 Å². The third-order valence-corrected chi connectivity index (χ3v) is 12.7. The Morgan fingerprint density at radius 2 is 0.929 bits per heavy atom. The number of esters is 1. The number of amides is 1. The molecule has 3 atom stereocenters. The fourth-order valence-electron chi connectivity index (χ4n) is 7.41. The van der Waals surface area contributed by atoms with Gasteiger partial charge in [0.15, 0.2) is 0 Å². The van der Waals surface area contributed by atoms with Gasteiger partial charge in [-0.3, -0.25) is 14.2 Å². The number of phosphoric ester groups is 1. The number of carbonyl (C=O) groups is 2. The van der Waals surface area contributed by atoms with Crippen molar-refractivity contribution in [1.82, 2.24) is 5.32 Å². The van der Waals surface area contributed by atoms with Crippen LogP contribution in [0.25, 0.3) is 0 Å². The Kier molecular flexibility index (Phi) is 47.3. The van der Waals surface area contributed by atoms with Crippen LogP contribution in [0.3, 0.4) is 0 Å². The molecule has 0 bridgehead atoms. The van der Waals surface area contributed by atoms with Crippen LogP contribution < -0.4 is 10.2 Å². The van der Waals surface area contributed by atoms with Crippen LogP contribution in [0.1, 0.15) is 220 Å². The summed E-state index contributed by atoms with van der Waals surface area (Å²) in [5, 5.41) is 2.99. The molecule has 3 unspecified atom stereocenters. The van der Waals surface area contributed by atoms with Crippen molar-refractivity contribution in [3.8, 4) is 0 Å². The normalized spacial score (nSPS) is 14.6. The second-order valence-electron chi connectivity index (χ2n) is 19.7. The Morgan fingerprint density at radius 1 is 0.514 bits per heavy atom. The van der Waals surface area contributed by atoms with E-state index >= 15 is 0 Å². The molecule has 0 heterocycles. The smallest absolute Gasteiger partial charge is 0.306 e. The van der Waals surface area contributed by atoms with Crippen molar-refractivity contribution in [2.75, 3.05) is 40.9 Å². The molecule has 0 aromatic heterocycles. The van der Waals surface area contributed by atoms with Crippen molar-refractivity contribution >= 4 is 19.7 Å². The highest BCUT2D eigenvalue weighted by molar-refractivity contribution is 7.45. The number of nitrogens with zero attached hydrogens (tertiary/aromatic N) is 1. The van der Waals surface area contributed by atoms with Crippen LogP contribution in [0.4, 0.5) is 0 Å². The number of unbranched alkanes of at least 4 members (excludes halogenated alkanes) is 19. The molecule has 0 saturated carbocycles. The van der Waals surface area contributed by atoms with Crippen molar-refractivity contribution in [2.45, 2.75) is 232 Å². The summed E-state index contributed by atoms with van der Waals surface area (Å²) in [6, 6.07) is -0.921. The van der Waals surface area contributed by atoms with E-state index in [1.807, 2.05) is 27.2 Å². The summed E-state index contributed by atoms with van der Waals surface area (Å²) in [6.07, 6.45) is 65.2. The Bertz CT molecular complexity index is 1520. The fourth-order valence-corrected chi connectivity index (χ4v) is 8.13. The lowest BCUT2D eigenvalue weighted by Gasteiger charge is -2.30. The van der Waals surface area contributed by atoms with Crippen molar-refractivity contribution in [1.29, 1.82) is 0 Å². The van der Waals surface area contributed by atoms with Gasteiger partial charge in [0.05, 0.1) is 33.8 Å². The molecule has 0 aliphatic carbocycles. The van der Waals surface area contributed by atoms with Crippen molar-refractivity contribution in [2.24, 2.45) is 0 Å². The van der Waals surface area contributed by atoms with Crippen molar-refractivity contribution < 1.29 is 37.3 Å². The van der Waals surface area contributed by atoms with E-state index < -0.39 is 32.5 Å². The van der Waals surface area contributed by atoms with Crippen LogP contribution in [0, 0.1) is 0 Å². The number of rotatable bonds is 49. The van der Waals surface area contributed by atoms with E-state index in [0.717, 1.165) is 103 Å². The molecular formula is C60H105N2O7P. The summed E-state index contributed by atoms with van der Waals surface area (Å²) in [6.45, 7) is 6.62. The van der Waals surface area contributed by atoms with E-state index in [1.165, 1.54) is 70.6 Å². The largest absolute Gasteiger partial charge is 0.756 e. The summed E-state index contributed by atoms with van der Waals surface area (Å²) >= 11 is 0. The van der Waals surface area contributed by atoms with Crippen LogP contribution in [-0.4, -0.2) is 69.4 Å². The number of phosphoric acid groups is 1. The molecule has 0 aliphatic rings. The number of likely N-dealkylation sites (N-methyl/N-ethyl adjacent to an activating group) is 1. The van der Waals surface area contributed by atoms with Crippen molar-refractivity contribution in [3.05, 3.63) is 97.2 Å². The molecule has 70 heavy (non-hydrogen) atoms. The molecule has 0 aromatic rings. The maximum atomic E-state index is 13.5. The second kappa shape index (κ2) is 49.5. The van der Waals surface area contributed by atoms with E-state index in [4.69, 9.17) is 13.8 Å². The maximum absolute atomic E-state index is 13.5. The van der Waals surface area contributed by atoms with Gasteiger partial charge in [-0.05, 0) is 102 Å². The minimum absolute atomic E-state index is 0.0382. The quantitative estimate of drug-likeness (QED) is 0.0212. The first-order chi connectivity index (χ1) is 33.9. The van der Waals surface area contributed by atoms with Gasteiger partial charge in [0.25, 0.3) is 7.82 Å². The highest BCUT2D eigenvalue weighted by Gasteiger charge is 2.27. The lowest BCUT2D eigenvalue weighted by Crippen LogP contribution is -2.47. The Labute approximate surface area is 430 Å². The molecule has 10 heteroatoms. The maximum Gasteiger partial charge on any atom is 0.306 e. The summed E-state index contributed by atoms with van der Waals surface area (Å²) in [5.41, 5.74) is 0. The first-order valence-corrected chi connectivity index (χ1v) is 29.5. The highest BCUT2D eigenvalue weighted by atomic mass is 31.2. The molecule has 0 fully saturated rings. The minimum Gasteiger partial charge on any atom is -0.756 e. The van der Waals surface area contributed by atoms with Crippen LogP contribution in [0.2, 0.25) is 0 Å². The molecule has 0 aliphatic heterocycles. The monoisotopic (exact) mass is 997 g/mol. The van der Waals surface area contributed by atoms with Gasteiger partial charge in [0.2, 0.25) is 5.91 Å². The summed E-state index contributed by atoms with van der Waals surface area (Å²) in [5.74, 6) is -0.630. The highest BCUT2D eigenvalue weighted by Crippen LogP contribution is 2.38. The van der Waals surface area contributed by atoms with Gasteiger partial charge >= 0.3 is 5.97 Å². The fraction of sp³-hybridized carbons (Fsp3) is 0.700. The van der Waals surface area contributed by atoms with E-state index in [0.29, 0.717) is 23.9 Å². The predicted octanol–water partition coefficient (Wildman–Crippen LogP) is 16.2. The van der Waals surface area contributed by atoms with Crippen LogP contribution in [0.15, 0.2) is 97.2 Å². The molecule has 0 rings (SSSR count). The van der Waals surface area contributed by atoms with Gasteiger partial charge < -0.3 is 28.5 Å². The first-order valence-electron chi connectivity index (χ1n) is 28.0. The van der Waals surface area contributed by atoms with E-state index in [1.54, 1.807) is 6.08 Å². The topological polar surface area (TPSA) is 114 Å². The molecule has 1 N–H and O–H groups in total. The number of quaternary nitrogens is 1. The molecule has 402 valence electrons. The number of ether oxygens (including phenoxy) is 1. The Balaban J connectivity index is 5.46. The number of hydrogen-bond donors (Lipinski definition) is 1. The molecule has 0 aromatic carbocycles. The first kappa shape index (κ1) is 66.9. The van der Waals surface area contributed by atoms with Crippen LogP contribution in [0.5, 0.6) is 0 Å². The number of hydrogen-bond acceptors (Lipinski definition) is 7. The summed E-state index contributed by atoms with van der Waals surface area (Å²) < 4.78 is 30.1. The second-order valence-corrected chi connectivity index (χ2v) is 21.1. The SMILES string of the molecule is CC/C=C/C/C=C/C/C=C/CCCCCCCCC(=O)NC(COP(=O)([O-])OCC[N+](C)(C)C)C(/C=C/CCCCCCCCCCC)OC(=O)CCC/C=C\C/C=C\C/C=C\C/C=C\CCCCC. The number of carbonyl (C=O) groups excluding carboxylic acids is 2. The average Bonchev–Trinajstić information content (AvgIpc) is 3.32. The number of allylic oxidation sites excluding steroid dienone is 15. The van der Waals surface area contributed by atoms with Crippen LogP contribution in [-0.2, 0) is 27.9 Å². The average molecular weight is 997 g/mol. The molecule has 0 saturated heterocycles.